The summed E-state index contributed by atoms with van der Waals surface area (Å²) in [5, 5.41) is 15.8. The van der Waals surface area contributed by atoms with Crippen molar-refractivity contribution in [3.63, 3.8) is 0 Å². The molecule has 1 aliphatic rings. The van der Waals surface area contributed by atoms with Crippen molar-refractivity contribution in [1.29, 1.82) is 0 Å². The molecule has 94 valence electrons. The number of hydrogen-bond donors (Lipinski definition) is 2. The molecule has 1 aliphatic carbocycles. The molecule has 2 rings (SSSR count). The van der Waals surface area contributed by atoms with Gasteiger partial charge in [-0.1, -0.05) is 6.42 Å². The van der Waals surface area contributed by atoms with Gasteiger partial charge < -0.3 is 5.11 Å². The summed E-state index contributed by atoms with van der Waals surface area (Å²) in [6, 6.07) is 0.275. The molecule has 6 nitrogen and oxygen atoms in total. The maximum Gasteiger partial charge on any atom is 0.308 e. The number of carbonyl (C=O) groups is 1. The number of anilines is 1. The Morgan fingerprint density at radius 2 is 2.24 bits per heavy atom. The molecule has 0 atom stereocenters. The number of carbonyl (C=O) groups excluding carboxylic acids is 1. The summed E-state index contributed by atoms with van der Waals surface area (Å²) in [7, 11) is 0. The predicted octanol–water partition coefficient (Wildman–Crippen LogP) is 0.918. The van der Waals surface area contributed by atoms with Gasteiger partial charge in [-0.3, -0.25) is 14.6 Å². The SMILES string of the molecule is CC(=O)Nc1on[n+](C2CCCCC2)c1CO. The minimum atomic E-state index is -0.230. The fraction of sp³-hybridized carbons (Fsp3) is 0.727. The zero-order valence-electron chi connectivity index (χ0n) is 9.98. The van der Waals surface area contributed by atoms with E-state index < -0.39 is 0 Å². The Morgan fingerprint density at radius 3 is 2.82 bits per heavy atom. The lowest BCUT2D eigenvalue weighted by Gasteiger charge is -2.14. The van der Waals surface area contributed by atoms with E-state index in [1.54, 1.807) is 4.68 Å². The Labute approximate surface area is 99.6 Å². The van der Waals surface area contributed by atoms with Gasteiger partial charge in [0, 0.05) is 19.8 Å². The largest absolute Gasteiger partial charge is 0.385 e. The highest BCUT2D eigenvalue weighted by Crippen LogP contribution is 2.25. The van der Waals surface area contributed by atoms with Crippen molar-refractivity contribution in [2.24, 2.45) is 0 Å². The van der Waals surface area contributed by atoms with Crippen molar-refractivity contribution in [2.45, 2.75) is 51.7 Å². The highest BCUT2D eigenvalue weighted by atomic mass is 16.5. The predicted molar refractivity (Wildman–Crippen MR) is 59.0 cm³/mol. The lowest BCUT2D eigenvalue weighted by molar-refractivity contribution is -0.794. The van der Waals surface area contributed by atoms with E-state index in [2.05, 4.69) is 10.6 Å². The lowest BCUT2D eigenvalue weighted by atomic mass is 9.95. The van der Waals surface area contributed by atoms with E-state index in [4.69, 9.17) is 4.52 Å². The molecule has 1 amide bonds. The zero-order valence-corrected chi connectivity index (χ0v) is 9.98. The molecule has 0 spiro atoms. The number of rotatable bonds is 3. The monoisotopic (exact) mass is 240 g/mol. The fourth-order valence-electron chi connectivity index (χ4n) is 2.30. The first-order valence-corrected chi connectivity index (χ1v) is 6.01. The number of nitrogens with one attached hydrogen (secondary N) is 1. The third-order valence-corrected chi connectivity index (χ3v) is 3.12. The first-order chi connectivity index (χ1) is 8.22. The Kier molecular flexibility index (Phi) is 3.73. The van der Waals surface area contributed by atoms with Crippen LogP contribution in [0.3, 0.4) is 0 Å². The van der Waals surface area contributed by atoms with Crippen LogP contribution in [0.2, 0.25) is 0 Å². The summed E-state index contributed by atoms with van der Waals surface area (Å²) < 4.78 is 6.78. The number of hydrogen-bond acceptors (Lipinski definition) is 4. The fourth-order valence-corrected chi connectivity index (χ4v) is 2.30. The molecule has 6 heteroatoms. The van der Waals surface area contributed by atoms with Gasteiger partial charge in [-0.15, -0.1) is 0 Å². The second kappa shape index (κ2) is 5.27. The average molecular weight is 240 g/mol. The molecule has 0 bridgehead atoms. The number of aromatic nitrogens is 2. The Hall–Kier alpha value is -1.43. The van der Waals surface area contributed by atoms with Gasteiger partial charge in [-0.2, -0.15) is 0 Å². The van der Waals surface area contributed by atoms with Crippen LogP contribution in [-0.2, 0) is 11.4 Å². The third-order valence-electron chi connectivity index (χ3n) is 3.12. The third kappa shape index (κ3) is 2.63. The Bertz CT molecular complexity index is 397. The van der Waals surface area contributed by atoms with Gasteiger partial charge in [0.1, 0.15) is 6.61 Å². The molecular formula is C11H18N3O3+. The Balaban J connectivity index is 2.21. The lowest BCUT2D eigenvalue weighted by Crippen LogP contribution is -2.45. The van der Waals surface area contributed by atoms with E-state index in [0.717, 1.165) is 12.8 Å². The minimum Gasteiger partial charge on any atom is -0.385 e. The van der Waals surface area contributed by atoms with Crippen LogP contribution in [0.15, 0.2) is 4.52 Å². The molecule has 0 unspecified atom stereocenters. The summed E-state index contributed by atoms with van der Waals surface area (Å²) >= 11 is 0. The van der Waals surface area contributed by atoms with E-state index in [-0.39, 0.29) is 24.4 Å². The van der Waals surface area contributed by atoms with Crippen molar-refractivity contribution >= 4 is 11.8 Å². The Morgan fingerprint density at radius 1 is 1.53 bits per heavy atom. The van der Waals surface area contributed by atoms with Crippen molar-refractivity contribution in [3.05, 3.63) is 5.69 Å². The number of amides is 1. The maximum atomic E-state index is 11.0. The molecule has 2 N–H and O–H groups in total. The molecule has 17 heavy (non-hydrogen) atoms. The van der Waals surface area contributed by atoms with Crippen LogP contribution >= 0.6 is 0 Å². The van der Waals surface area contributed by atoms with Crippen molar-refractivity contribution in [3.8, 4) is 0 Å². The normalized spacial score (nSPS) is 17.1. The van der Waals surface area contributed by atoms with Crippen LogP contribution in [-0.4, -0.2) is 16.3 Å². The van der Waals surface area contributed by atoms with E-state index in [1.807, 2.05) is 0 Å². The van der Waals surface area contributed by atoms with Crippen LogP contribution in [0.25, 0.3) is 0 Å². The summed E-state index contributed by atoms with van der Waals surface area (Å²) in [5.74, 6) is 0.0252. The van der Waals surface area contributed by atoms with Gasteiger partial charge in [0.2, 0.25) is 11.2 Å². The second-order valence-electron chi connectivity index (χ2n) is 4.42. The minimum absolute atomic E-state index is 0.185. The number of aliphatic hydroxyl groups excluding tert-OH is 1. The van der Waals surface area contributed by atoms with Crippen LogP contribution in [0, 0.1) is 0 Å². The van der Waals surface area contributed by atoms with Crippen LogP contribution in [0.5, 0.6) is 0 Å². The standard InChI is InChI=1S/C11H17N3O3/c1-8(16)12-11-10(7-15)14(13-17-11)9-5-3-2-4-6-9/h9,15H,2-7H2,1H3/p+1. The summed E-state index contributed by atoms with van der Waals surface area (Å²) in [6.07, 6.45) is 5.69. The quantitative estimate of drug-likeness (QED) is 0.770. The van der Waals surface area contributed by atoms with Crippen LogP contribution < -0.4 is 10.00 Å². The first kappa shape index (κ1) is 12.0. The van der Waals surface area contributed by atoms with Gasteiger partial charge in [0.15, 0.2) is 6.04 Å². The maximum absolute atomic E-state index is 11.0. The number of nitrogens with zero attached hydrogens (tertiary/aromatic N) is 2. The van der Waals surface area contributed by atoms with E-state index in [9.17, 15) is 9.90 Å². The molecule has 1 aromatic rings. The van der Waals surface area contributed by atoms with Crippen molar-refractivity contribution in [1.82, 2.24) is 5.27 Å². The number of aliphatic hydroxyl groups is 1. The molecule has 1 heterocycles. The molecule has 0 aliphatic heterocycles. The average Bonchev–Trinajstić information content (AvgIpc) is 2.72. The molecule has 0 radical (unpaired) electrons. The van der Waals surface area contributed by atoms with Gasteiger partial charge in [0.25, 0.3) is 5.69 Å². The highest BCUT2D eigenvalue weighted by Gasteiger charge is 2.32. The van der Waals surface area contributed by atoms with Gasteiger partial charge in [-0.25, -0.2) is 0 Å². The molecule has 1 aromatic heterocycles. The first-order valence-electron chi connectivity index (χ1n) is 6.01. The van der Waals surface area contributed by atoms with Gasteiger partial charge in [0.05, 0.1) is 0 Å². The molecule has 1 saturated carbocycles. The van der Waals surface area contributed by atoms with E-state index >= 15 is 0 Å². The van der Waals surface area contributed by atoms with Gasteiger partial charge in [-0.05, 0) is 17.5 Å². The second-order valence-corrected chi connectivity index (χ2v) is 4.42. The topological polar surface area (TPSA) is 79.2 Å². The molecule has 0 saturated heterocycles. The summed E-state index contributed by atoms with van der Waals surface area (Å²) in [6.45, 7) is 1.21. The molecular weight excluding hydrogens is 222 g/mol. The smallest absolute Gasteiger partial charge is 0.308 e. The van der Waals surface area contributed by atoms with Gasteiger partial charge >= 0.3 is 5.88 Å². The molecule has 1 fully saturated rings. The van der Waals surface area contributed by atoms with Crippen LogP contribution in [0.1, 0.15) is 50.8 Å². The van der Waals surface area contributed by atoms with Crippen molar-refractivity contribution < 1.29 is 19.1 Å². The zero-order chi connectivity index (χ0) is 12.3. The van der Waals surface area contributed by atoms with E-state index in [0.29, 0.717) is 5.69 Å². The summed E-state index contributed by atoms with van der Waals surface area (Å²) in [5.41, 5.74) is 0.548. The highest BCUT2D eigenvalue weighted by molar-refractivity contribution is 5.87. The summed E-state index contributed by atoms with van der Waals surface area (Å²) in [4.78, 5) is 11.0. The molecule has 0 aromatic carbocycles. The van der Waals surface area contributed by atoms with Crippen LogP contribution in [0.4, 0.5) is 5.88 Å². The van der Waals surface area contributed by atoms with Crippen molar-refractivity contribution in [2.75, 3.05) is 5.32 Å². The van der Waals surface area contributed by atoms with E-state index in [1.165, 1.54) is 26.2 Å².